The fourth-order valence-electron chi connectivity index (χ4n) is 1.44. The second-order valence-corrected chi connectivity index (χ2v) is 3.81. The van der Waals surface area contributed by atoms with Crippen molar-refractivity contribution in [2.24, 2.45) is 0 Å². The number of rotatable bonds is 2. The summed E-state index contributed by atoms with van der Waals surface area (Å²) < 4.78 is 0. The van der Waals surface area contributed by atoms with Crippen molar-refractivity contribution in [1.82, 2.24) is 9.97 Å². The number of hydrogen-bond donors (Lipinski definition) is 0. The van der Waals surface area contributed by atoms with Crippen LogP contribution in [0.25, 0.3) is 11.4 Å². The zero-order chi connectivity index (χ0) is 12.3. The van der Waals surface area contributed by atoms with Gasteiger partial charge in [-0.3, -0.25) is 0 Å². The van der Waals surface area contributed by atoms with Crippen LogP contribution in [0.4, 0.5) is 5.82 Å². The van der Waals surface area contributed by atoms with Gasteiger partial charge in [-0.15, -0.1) is 0 Å². The lowest BCUT2D eigenvalue weighted by Crippen LogP contribution is -2.12. The van der Waals surface area contributed by atoms with Crippen LogP contribution in [0.5, 0.6) is 0 Å². The van der Waals surface area contributed by atoms with Gasteiger partial charge in [0.15, 0.2) is 5.82 Å². The summed E-state index contributed by atoms with van der Waals surface area (Å²) in [5.41, 5.74) is 1.29. The lowest BCUT2D eigenvalue weighted by molar-refractivity contribution is 1.03. The van der Waals surface area contributed by atoms with Gasteiger partial charge in [0.1, 0.15) is 17.6 Å². The van der Waals surface area contributed by atoms with E-state index in [-0.39, 0.29) is 0 Å². The van der Waals surface area contributed by atoms with Crippen LogP contribution >= 0.6 is 0 Å². The van der Waals surface area contributed by atoms with E-state index >= 15 is 0 Å². The Morgan fingerprint density at radius 2 is 1.82 bits per heavy atom. The summed E-state index contributed by atoms with van der Waals surface area (Å²) >= 11 is 0. The maximum atomic E-state index is 8.96. The van der Waals surface area contributed by atoms with Crippen LogP contribution in [0.15, 0.2) is 36.4 Å². The fraction of sp³-hybridized carbons (Fsp3) is 0.154. The fourth-order valence-corrected chi connectivity index (χ4v) is 1.44. The summed E-state index contributed by atoms with van der Waals surface area (Å²) in [5.74, 6) is 1.31. The molecule has 4 heteroatoms. The van der Waals surface area contributed by atoms with E-state index in [1.54, 1.807) is 6.07 Å². The molecule has 17 heavy (non-hydrogen) atoms. The quantitative estimate of drug-likeness (QED) is 0.783. The molecule has 0 bridgehead atoms. The molecule has 1 aromatic heterocycles. The number of benzene rings is 1. The second kappa shape index (κ2) is 4.62. The number of nitrogens with zero attached hydrogens (tertiary/aromatic N) is 4. The van der Waals surface area contributed by atoms with Crippen molar-refractivity contribution in [3.8, 4) is 17.5 Å². The van der Waals surface area contributed by atoms with E-state index in [0.717, 1.165) is 11.4 Å². The molecule has 2 rings (SSSR count). The van der Waals surface area contributed by atoms with Gasteiger partial charge in [0.2, 0.25) is 0 Å². The minimum atomic E-state index is 0.377. The molecule has 1 heterocycles. The first kappa shape index (κ1) is 11.1. The molecular weight excluding hydrogens is 212 g/mol. The first-order chi connectivity index (χ1) is 8.20. The predicted molar refractivity (Wildman–Crippen MR) is 66.5 cm³/mol. The van der Waals surface area contributed by atoms with Gasteiger partial charge in [0, 0.05) is 25.7 Å². The van der Waals surface area contributed by atoms with Gasteiger partial charge in [0.05, 0.1) is 0 Å². The van der Waals surface area contributed by atoms with Gasteiger partial charge in [-0.25, -0.2) is 9.97 Å². The van der Waals surface area contributed by atoms with E-state index in [1.807, 2.05) is 49.3 Å². The van der Waals surface area contributed by atoms with E-state index in [4.69, 9.17) is 5.26 Å². The van der Waals surface area contributed by atoms with Crippen LogP contribution in [0.2, 0.25) is 0 Å². The Kier molecular flexibility index (Phi) is 3.01. The Bertz CT molecular complexity index is 555. The van der Waals surface area contributed by atoms with Crippen molar-refractivity contribution in [2.75, 3.05) is 19.0 Å². The maximum absolute atomic E-state index is 8.96. The molecule has 1 aromatic carbocycles. The van der Waals surface area contributed by atoms with Gasteiger partial charge in [-0.2, -0.15) is 5.26 Å². The Balaban J connectivity index is 2.55. The molecule has 0 N–H and O–H groups in total. The molecule has 0 saturated carbocycles. The SMILES string of the molecule is CN(C)c1cc(C#N)nc(-c2ccccc2)n1. The summed E-state index contributed by atoms with van der Waals surface area (Å²) in [7, 11) is 3.77. The Hall–Kier alpha value is -2.41. The van der Waals surface area contributed by atoms with Gasteiger partial charge >= 0.3 is 0 Å². The smallest absolute Gasteiger partial charge is 0.162 e. The average molecular weight is 224 g/mol. The maximum Gasteiger partial charge on any atom is 0.162 e. The third kappa shape index (κ3) is 2.40. The number of anilines is 1. The molecule has 0 unspecified atom stereocenters. The van der Waals surface area contributed by atoms with Crippen molar-refractivity contribution in [3.05, 3.63) is 42.1 Å². The van der Waals surface area contributed by atoms with E-state index in [9.17, 15) is 0 Å². The highest BCUT2D eigenvalue weighted by Crippen LogP contribution is 2.18. The largest absolute Gasteiger partial charge is 0.363 e. The van der Waals surface area contributed by atoms with E-state index in [1.165, 1.54) is 0 Å². The highest BCUT2D eigenvalue weighted by atomic mass is 15.1. The zero-order valence-corrected chi connectivity index (χ0v) is 9.75. The third-order valence-electron chi connectivity index (χ3n) is 2.32. The van der Waals surface area contributed by atoms with Gasteiger partial charge in [0.25, 0.3) is 0 Å². The highest BCUT2D eigenvalue weighted by molar-refractivity contribution is 5.58. The van der Waals surface area contributed by atoms with Crippen LogP contribution in [-0.2, 0) is 0 Å². The molecule has 0 amide bonds. The van der Waals surface area contributed by atoms with Crippen molar-refractivity contribution < 1.29 is 0 Å². The normalized spacial score (nSPS) is 9.71. The Labute approximate surface area is 100 Å². The monoisotopic (exact) mass is 224 g/mol. The summed E-state index contributed by atoms with van der Waals surface area (Å²) in [6, 6.07) is 13.4. The summed E-state index contributed by atoms with van der Waals surface area (Å²) in [5, 5.41) is 8.96. The first-order valence-corrected chi connectivity index (χ1v) is 5.22. The van der Waals surface area contributed by atoms with Crippen LogP contribution in [0, 0.1) is 11.3 Å². The van der Waals surface area contributed by atoms with Crippen molar-refractivity contribution >= 4 is 5.82 Å². The molecule has 0 spiro atoms. The zero-order valence-electron chi connectivity index (χ0n) is 9.75. The minimum absolute atomic E-state index is 0.377. The Morgan fingerprint density at radius 1 is 1.12 bits per heavy atom. The molecule has 0 fully saturated rings. The molecule has 84 valence electrons. The van der Waals surface area contributed by atoms with E-state index < -0.39 is 0 Å². The average Bonchev–Trinajstić information content (AvgIpc) is 2.39. The first-order valence-electron chi connectivity index (χ1n) is 5.22. The third-order valence-corrected chi connectivity index (χ3v) is 2.32. The Morgan fingerprint density at radius 3 is 2.41 bits per heavy atom. The summed E-state index contributed by atoms with van der Waals surface area (Å²) in [4.78, 5) is 10.5. The number of aromatic nitrogens is 2. The number of nitriles is 1. The lowest BCUT2D eigenvalue weighted by atomic mass is 10.2. The van der Waals surface area contributed by atoms with Gasteiger partial charge in [-0.05, 0) is 0 Å². The van der Waals surface area contributed by atoms with Crippen molar-refractivity contribution in [2.45, 2.75) is 0 Å². The summed E-state index contributed by atoms with van der Waals surface area (Å²) in [6.07, 6.45) is 0. The minimum Gasteiger partial charge on any atom is -0.363 e. The van der Waals surface area contributed by atoms with E-state index in [0.29, 0.717) is 11.5 Å². The van der Waals surface area contributed by atoms with Crippen LogP contribution in [0.1, 0.15) is 5.69 Å². The predicted octanol–water partition coefficient (Wildman–Crippen LogP) is 2.08. The molecule has 0 aliphatic carbocycles. The van der Waals surface area contributed by atoms with E-state index in [2.05, 4.69) is 16.0 Å². The van der Waals surface area contributed by atoms with Crippen molar-refractivity contribution in [3.63, 3.8) is 0 Å². The van der Waals surface area contributed by atoms with Crippen LogP contribution in [-0.4, -0.2) is 24.1 Å². The van der Waals surface area contributed by atoms with Gasteiger partial charge < -0.3 is 4.90 Å². The molecular formula is C13H12N4. The lowest BCUT2D eigenvalue weighted by Gasteiger charge is -2.12. The summed E-state index contributed by atoms with van der Waals surface area (Å²) in [6.45, 7) is 0. The second-order valence-electron chi connectivity index (χ2n) is 3.81. The molecule has 0 aliphatic heterocycles. The standard InChI is InChI=1S/C13H12N4/c1-17(2)12-8-11(9-14)15-13(16-12)10-6-4-3-5-7-10/h3-8H,1-2H3. The molecule has 0 aliphatic rings. The molecule has 2 aromatic rings. The van der Waals surface area contributed by atoms with Crippen molar-refractivity contribution in [1.29, 1.82) is 5.26 Å². The van der Waals surface area contributed by atoms with Crippen LogP contribution < -0.4 is 4.90 Å². The molecule has 0 atom stereocenters. The number of hydrogen-bond acceptors (Lipinski definition) is 4. The molecule has 0 radical (unpaired) electrons. The highest BCUT2D eigenvalue weighted by Gasteiger charge is 2.07. The molecule has 0 saturated heterocycles. The topological polar surface area (TPSA) is 52.8 Å². The van der Waals surface area contributed by atoms with Crippen LogP contribution in [0.3, 0.4) is 0 Å². The molecule has 4 nitrogen and oxygen atoms in total. The van der Waals surface area contributed by atoms with Gasteiger partial charge in [-0.1, -0.05) is 30.3 Å².